The first-order valence-electron chi connectivity index (χ1n) is 6.32. The van der Waals surface area contributed by atoms with Crippen LogP contribution < -0.4 is 10.6 Å². The van der Waals surface area contributed by atoms with Crippen molar-refractivity contribution in [1.82, 2.24) is 5.32 Å². The zero-order chi connectivity index (χ0) is 14.2. The molecule has 2 N–H and O–H groups in total. The molecule has 0 radical (unpaired) electrons. The smallest absolute Gasteiger partial charge is 0.239 e. The lowest BCUT2D eigenvalue weighted by Gasteiger charge is -2.08. The molecule has 100 valence electrons. The van der Waals surface area contributed by atoms with Gasteiger partial charge in [-0.05, 0) is 29.8 Å². The van der Waals surface area contributed by atoms with Gasteiger partial charge in [0, 0.05) is 12.2 Å². The number of nitriles is 1. The molecule has 20 heavy (non-hydrogen) atoms. The van der Waals surface area contributed by atoms with Crippen molar-refractivity contribution in [2.45, 2.75) is 6.54 Å². The Labute approximate surface area is 118 Å². The minimum Gasteiger partial charge on any atom is -0.376 e. The van der Waals surface area contributed by atoms with E-state index in [1.807, 2.05) is 42.5 Å². The molecule has 2 aromatic carbocycles. The van der Waals surface area contributed by atoms with Gasteiger partial charge in [0.25, 0.3) is 0 Å². The number of nitrogens with one attached hydrogen (secondary N) is 2. The second kappa shape index (κ2) is 6.95. The molecule has 0 fully saturated rings. The van der Waals surface area contributed by atoms with E-state index in [0.717, 1.165) is 11.3 Å². The maximum atomic E-state index is 11.7. The third-order valence-corrected chi connectivity index (χ3v) is 2.77. The van der Waals surface area contributed by atoms with E-state index in [1.54, 1.807) is 12.1 Å². The second-order valence-corrected chi connectivity index (χ2v) is 4.31. The molecule has 0 bridgehead atoms. The first kappa shape index (κ1) is 13.6. The third kappa shape index (κ3) is 4.14. The third-order valence-electron chi connectivity index (χ3n) is 2.77. The minimum absolute atomic E-state index is 0.0868. The number of para-hydroxylation sites is 1. The molecule has 2 rings (SSSR count). The molecule has 4 nitrogen and oxygen atoms in total. The van der Waals surface area contributed by atoms with Crippen LogP contribution in [0.2, 0.25) is 0 Å². The van der Waals surface area contributed by atoms with Crippen LogP contribution in [0.15, 0.2) is 54.6 Å². The number of carbonyl (C=O) groups is 1. The van der Waals surface area contributed by atoms with Gasteiger partial charge in [-0.3, -0.25) is 4.79 Å². The molecule has 1 amide bonds. The summed E-state index contributed by atoms with van der Waals surface area (Å²) in [6.07, 6.45) is 0. The quantitative estimate of drug-likeness (QED) is 0.871. The predicted molar refractivity (Wildman–Crippen MR) is 77.9 cm³/mol. The van der Waals surface area contributed by atoms with Gasteiger partial charge in [0.2, 0.25) is 5.91 Å². The van der Waals surface area contributed by atoms with Crippen molar-refractivity contribution in [3.8, 4) is 6.07 Å². The molecule has 0 aromatic heterocycles. The molecule has 4 heteroatoms. The van der Waals surface area contributed by atoms with Crippen LogP contribution in [-0.2, 0) is 11.3 Å². The summed E-state index contributed by atoms with van der Waals surface area (Å²) in [5.74, 6) is -0.0868. The van der Waals surface area contributed by atoms with Crippen LogP contribution in [0.5, 0.6) is 0 Å². The van der Waals surface area contributed by atoms with E-state index in [1.165, 1.54) is 0 Å². The monoisotopic (exact) mass is 265 g/mol. The topological polar surface area (TPSA) is 64.9 Å². The highest BCUT2D eigenvalue weighted by atomic mass is 16.1. The van der Waals surface area contributed by atoms with Crippen LogP contribution in [0.1, 0.15) is 11.1 Å². The number of nitrogens with zero attached hydrogens (tertiary/aromatic N) is 1. The highest BCUT2D eigenvalue weighted by molar-refractivity contribution is 5.80. The van der Waals surface area contributed by atoms with E-state index in [9.17, 15) is 4.79 Å². The zero-order valence-electron chi connectivity index (χ0n) is 11.0. The summed E-state index contributed by atoms with van der Waals surface area (Å²) in [5, 5.41) is 14.7. The average molecular weight is 265 g/mol. The van der Waals surface area contributed by atoms with Gasteiger partial charge in [0.1, 0.15) is 0 Å². The SMILES string of the molecule is N#Cc1cccc(CNC(=O)CNc2ccccc2)c1. The Hall–Kier alpha value is -2.80. The van der Waals surface area contributed by atoms with Crippen molar-refractivity contribution in [3.05, 3.63) is 65.7 Å². The van der Waals surface area contributed by atoms with E-state index >= 15 is 0 Å². The zero-order valence-corrected chi connectivity index (χ0v) is 11.0. The van der Waals surface area contributed by atoms with Crippen LogP contribution in [0.4, 0.5) is 5.69 Å². The lowest BCUT2D eigenvalue weighted by atomic mass is 10.1. The first-order valence-corrected chi connectivity index (χ1v) is 6.32. The molecule has 0 atom stereocenters. The molecular weight excluding hydrogens is 250 g/mol. The van der Waals surface area contributed by atoms with Gasteiger partial charge in [-0.1, -0.05) is 30.3 Å². The van der Waals surface area contributed by atoms with Gasteiger partial charge in [0.15, 0.2) is 0 Å². The largest absolute Gasteiger partial charge is 0.376 e. The summed E-state index contributed by atoms with van der Waals surface area (Å²) >= 11 is 0. The second-order valence-electron chi connectivity index (χ2n) is 4.31. The van der Waals surface area contributed by atoms with Crippen LogP contribution in [0, 0.1) is 11.3 Å². The number of amides is 1. The summed E-state index contributed by atoms with van der Waals surface area (Å²) in [5.41, 5.74) is 2.42. The van der Waals surface area contributed by atoms with Crippen LogP contribution >= 0.6 is 0 Å². The normalized spacial score (nSPS) is 9.55. The van der Waals surface area contributed by atoms with Gasteiger partial charge >= 0.3 is 0 Å². The van der Waals surface area contributed by atoms with Crippen molar-refractivity contribution in [2.75, 3.05) is 11.9 Å². The highest BCUT2D eigenvalue weighted by Crippen LogP contribution is 2.05. The summed E-state index contributed by atoms with van der Waals surface area (Å²) in [6, 6.07) is 18.8. The molecule has 0 saturated heterocycles. The van der Waals surface area contributed by atoms with Crippen molar-refractivity contribution in [2.24, 2.45) is 0 Å². The van der Waals surface area contributed by atoms with Crippen molar-refractivity contribution >= 4 is 11.6 Å². The van der Waals surface area contributed by atoms with Gasteiger partial charge in [-0.2, -0.15) is 5.26 Å². The summed E-state index contributed by atoms with van der Waals surface area (Å²) in [6.45, 7) is 0.646. The number of anilines is 1. The Balaban J connectivity index is 1.79. The Morgan fingerprint density at radius 2 is 1.90 bits per heavy atom. The fraction of sp³-hybridized carbons (Fsp3) is 0.125. The van der Waals surface area contributed by atoms with Crippen LogP contribution in [0.3, 0.4) is 0 Å². The highest BCUT2D eigenvalue weighted by Gasteiger charge is 2.01. The first-order chi connectivity index (χ1) is 9.78. The maximum absolute atomic E-state index is 11.7. The Morgan fingerprint density at radius 3 is 2.65 bits per heavy atom. The van der Waals surface area contributed by atoms with E-state index in [2.05, 4.69) is 16.7 Å². The fourth-order valence-electron chi connectivity index (χ4n) is 1.75. The van der Waals surface area contributed by atoms with Crippen LogP contribution in [-0.4, -0.2) is 12.5 Å². The number of hydrogen-bond acceptors (Lipinski definition) is 3. The minimum atomic E-state index is -0.0868. The predicted octanol–water partition coefficient (Wildman–Crippen LogP) is 2.29. The van der Waals surface area contributed by atoms with Crippen molar-refractivity contribution in [1.29, 1.82) is 5.26 Å². The van der Waals surface area contributed by atoms with Crippen molar-refractivity contribution in [3.63, 3.8) is 0 Å². The number of rotatable bonds is 5. The molecule has 0 saturated carbocycles. The summed E-state index contributed by atoms with van der Waals surface area (Å²) in [7, 11) is 0. The summed E-state index contributed by atoms with van der Waals surface area (Å²) in [4.78, 5) is 11.7. The molecule has 0 aliphatic heterocycles. The molecule has 0 aliphatic rings. The van der Waals surface area contributed by atoms with E-state index in [4.69, 9.17) is 5.26 Å². The molecule has 0 spiro atoms. The molecule has 0 unspecified atom stereocenters. The molecular formula is C16H15N3O. The number of hydrogen-bond donors (Lipinski definition) is 2. The molecule has 0 aliphatic carbocycles. The number of carbonyl (C=O) groups excluding carboxylic acids is 1. The maximum Gasteiger partial charge on any atom is 0.239 e. The lowest BCUT2D eigenvalue weighted by molar-refractivity contribution is -0.119. The van der Waals surface area contributed by atoms with Crippen LogP contribution in [0.25, 0.3) is 0 Å². The fourth-order valence-corrected chi connectivity index (χ4v) is 1.75. The number of benzene rings is 2. The van der Waals surface area contributed by atoms with E-state index in [0.29, 0.717) is 12.1 Å². The molecule has 2 aromatic rings. The van der Waals surface area contributed by atoms with Gasteiger partial charge in [-0.25, -0.2) is 0 Å². The van der Waals surface area contributed by atoms with Gasteiger partial charge in [0.05, 0.1) is 18.2 Å². The Kier molecular flexibility index (Phi) is 4.74. The van der Waals surface area contributed by atoms with E-state index in [-0.39, 0.29) is 12.5 Å². The standard InChI is InChI=1S/C16H15N3O/c17-10-13-5-4-6-14(9-13)11-19-16(20)12-18-15-7-2-1-3-8-15/h1-9,18H,11-12H2,(H,19,20). The van der Waals surface area contributed by atoms with Gasteiger partial charge < -0.3 is 10.6 Å². The van der Waals surface area contributed by atoms with Gasteiger partial charge in [-0.15, -0.1) is 0 Å². The van der Waals surface area contributed by atoms with Crippen molar-refractivity contribution < 1.29 is 4.79 Å². The molecule has 0 heterocycles. The Bertz CT molecular complexity index is 617. The summed E-state index contributed by atoms with van der Waals surface area (Å²) < 4.78 is 0. The Morgan fingerprint density at radius 1 is 1.10 bits per heavy atom. The lowest BCUT2D eigenvalue weighted by Crippen LogP contribution is -2.29. The average Bonchev–Trinajstić information content (AvgIpc) is 2.52. The van der Waals surface area contributed by atoms with E-state index < -0.39 is 0 Å².